The number of fused-ring (bicyclic) bond motifs is 9. The predicted octanol–water partition coefficient (Wildman–Crippen LogP) is 7.61. The molecule has 0 unspecified atom stereocenters. The predicted molar refractivity (Wildman–Crippen MR) is 122 cm³/mol. The topological polar surface area (TPSA) is 12.9 Å². The maximum absolute atomic E-state index is 4.80. The molecule has 1 nitrogen and oxygen atoms in total. The number of pyridine rings is 1. The van der Waals surface area contributed by atoms with Gasteiger partial charge in [-0.1, -0.05) is 62.4 Å². The van der Waals surface area contributed by atoms with E-state index in [0.717, 1.165) is 10.2 Å². The lowest BCUT2D eigenvalue weighted by Crippen LogP contribution is -2.15. The van der Waals surface area contributed by atoms with Gasteiger partial charge in [-0.05, 0) is 77.6 Å². The summed E-state index contributed by atoms with van der Waals surface area (Å²) in [5.74, 6) is 0. The van der Waals surface area contributed by atoms with Crippen LogP contribution in [0.5, 0.6) is 0 Å². The summed E-state index contributed by atoms with van der Waals surface area (Å²) in [5.41, 5.74) is 4.96. The average Bonchev–Trinajstić information content (AvgIpc) is 2.93. The van der Waals surface area contributed by atoms with Crippen LogP contribution in [0.2, 0.25) is 0 Å². The third-order valence-corrected chi connectivity index (χ3v) is 6.77. The summed E-state index contributed by atoms with van der Waals surface area (Å²) < 4.78 is 1.03. The van der Waals surface area contributed by atoms with E-state index in [1.165, 1.54) is 49.0 Å². The van der Waals surface area contributed by atoms with Crippen molar-refractivity contribution in [2.24, 2.45) is 0 Å². The normalized spacial score (nSPS) is 14.5. The monoisotopic (exact) mass is 423 g/mol. The Kier molecular flexibility index (Phi) is 3.15. The molecule has 0 bridgehead atoms. The summed E-state index contributed by atoms with van der Waals surface area (Å²) in [6.45, 7) is 4.61. The maximum atomic E-state index is 4.80. The van der Waals surface area contributed by atoms with E-state index in [1.807, 2.05) is 6.20 Å². The van der Waals surface area contributed by atoms with Gasteiger partial charge in [0.2, 0.25) is 0 Å². The van der Waals surface area contributed by atoms with E-state index in [9.17, 15) is 0 Å². The summed E-state index contributed by atoms with van der Waals surface area (Å²) in [4.78, 5) is 4.80. The largest absolute Gasteiger partial charge is 0.255 e. The molecule has 0 amide bonds. The van der Waals surface area contributed by atoms with E-state index in [-0.39, 0.29) is 5.41 Å². The number of hydrogen-bond acceptors (Lipinski definition) is 1. The maximum Gasteiger partial charge on any atom is 0.0746 e. The Morgan fingerprint density at radius 3 is 1.82 bits per heavy atom. The van der Waals surface area contributed by atoms with Crippen LogP contribution in [-0.4, -0.2) is 4.98 Å². The van der Waals surface area contributed by atoms with Crippen LogP contribution >= 0.6 is 15.9 Å². The SMILES string of the molecule is CC1(C)c2cc3c4ccccc4c4ccccc4c3cc2-c2ncc(Br)cc21. The molecule has 0 spiro atoms. The molecule has 0 radical (unpaired) electrons. The summed E-state index contributed by atoms with van der Waals surface area (Å²) in [6, 6.07) is 24.5. The fourth-order valence-electron chi connectivity index (χ4n) is 4.94. The first-order valence-electron chi connectivity index (χ1n) is 9.60. The van der Waals surface area contributed by atoms with Gasteiger partial charge < -0.3 is 0 Å². The summed E-state index contributed by atoms with van der Waals surface area (Å²) in [7, 11) is 0. The van der Waals surface area contributed by atoms with E-state index in [2.05, 4.69) is 96.5 Å². The molecule has 4 aromatic carbocycles. The molecule has 1 heterocycles. The molecule has 0 atom stereocenters. The van der Waals surface area contributed by atoms with Gasteiger partial charge in [0.15, 0.2) is 0 Å². The van der Waals surface area contributed by atoms with Crippen LogP contribution in [0.3, 0.4) is 0 Å². The summed E-state index contributed by atoms with van der Waals surface area (Å²) in [5, 5.41) is 7.89. The molecule has 0 saturated carbocycles. The molecule has 6 rings (SSSR count). The Hall–Kier alpha value is -2.71. The molecule has 1 aliphatic rings. The second kappa shape index (κ2) is 5.42. The highest BCUT2D eigenvalue weighted by atomic mass is 79.9. The molecule has 0 fully saturated rings. The molecule has 1 aromatic heterocycles. The van der Waals surface area contributed by atoms with E-state index in [4.69, 9.17) is 4.98 Å². The van der Waals surface area contributed by atoms with Gasteiger partial charge >= 0.3 is 0 Å². The third kappa shape index (κ3) is 1.99. The van der Waals surface area contributed by atoms with Crippen molar-refractivity contribution >= 4 is 48.2 Å². The first kappa shape index (κ1) is 16.3. The molecule has 2 heteroatoms. The van der Waals surface area contributed by atoms with E-state index in [0.29, 0.717) is 0 Å². The van der Waals surface area contributed by atoms with Crippen molar-refractivity contribution in [3.8, 4) is 11.3 Å². The number of benzene rings is 4. The Balaban J connectivity index is 1.85. The van der Waals surface area contributed by atoms with Gasteiger partial charge in [-0.15, -0.1) is 0 Å². The first-order chi connectivity index (χ1) is 13.6. The quantitative estimate of drug-likeness (QED) is 0.233. The molecule has 5 aromatic rings. The lowest BCUT2D eigenvalue weighted by atomic mass is 9.81. The van der Waals surface area contributed by atoms with Crippen molar-refractivity contribution in [2.75, 3.05) is 0 Å². The number of nitrogens with zero attached hydrogens (tertiary/aromatic N) is 1. The number of rotatable bonds is 0. The third-order valence-electron chi connectivity index (χ3n) is 6.34. The van der Waals surface area contributed by atoms with Gasteiger partial charge in [-0.3, -0.25) is 4.98 Å². The summed E-state index contributed by atoms with van der Waals surface area (Å²) >= 11 is 3.61. The lowest BCUT2D eigenvalue weighted by molar-refractivity contribution is 0.659. The van der Waals surface area contributed by atoms with Gasteiger partial charge in [0.25, 0.3) is 0 Å². The van der Waals surface area contributed by atoms with E-state index < -0.39 is 0 Å². The van der Waals surface area contributed by atoms with Crippen LogP contribution in [0, 0.1) is 0 Å². The van der Waals surface area contributed by atoms with E-state index >= 15 is 0 Å². The van der Waals surface area contributed by atoms with Crippen molar-refractivity contribution in [1.29, 1.82) is 0 Å². The van der Waals surface area contributed by atoms with Crippen molar-refractivity contribution in [3.05, 3.63) is 88.5 Å². The molecule has 0 saturated heterocycles. The zero-order valence-corrected chi connectivity index (χ0v) is 17.3. The van der Waals surface area contributed by atoms with Crippen molar-refractivity contribution in [2.45, 2.75) is 19.3 Å². The van der Waals surface area contributed by atoms with Gasteiger partial charge in [0, 0.05) is 21.6 Å². The molecule has 28 heavy (non-hydrogen) atoms. The standard InChI is InChI=1S/C26H18BrN/c1-26(2)23-13-21-19-10-6-4-8-17(19)16-7-3-5-9-18(16)20(21)12-22(23)25-24(26)11-15(27)14-28-25/h3-14H,1-2H3. The second-order valence-corrected chi connectivity index (χ2v) is 9.12. The minimum atomic E-state index is -0.0671. The van der Waals surface area contributed by atoms with Crippen molar-refractivity contribution in [1.82, 2.24) is 4.98 Å². The number of halogens is 1. The van der Waals surface area contributed by atoms with Gasteiger partial charge in [0.1, 0.15) is 0 Å². The van der Waals surface area contributed by atoms with Crippen LogP contribution in [-0.2, 0) is 5.41 Å². The zero-order chi connectivity index (χ0) is 19.0. The molecule has 0 N–H and O–H groups in total. The van der Waals surface area contributed by atoms with Crippen LogP contribution in [0.15, 0.2) is 77.4 Å². The van der Waals surface area contributed by atoms with Gasteiger partial charge in [-0.25, -0.2) is 0 Å². The molecular weight excluding hydrogens is 406 g/mol. The Morgan fingerprint density at radius 1 is 0.679 bits per heavy atom. The van der Waals surface area contributed by atoms with Gasteiger partial charge in [-0.2, -0.15) is 0 Å². The number of hydrogen-bond donors (Lipinski definition) is 0. The minimum absolute atomic E-state index is 0.0671. The van der Waals surface area contributed by atoms with Crippen LogP contribution in [0.25, 0.3) is 43.6 Å². The van der Waals surface area contributed by atoms with Crippen molar-refractivity contribution in [3.63, 3.8) is 0 Å². The number of aromatic nitrogens is 1. The zero-order valence-electron chi connectivity index (χ0n) is 15.8. The molecular formula is C26H18BrN. The smallest absolute Gasteiger partial charge is 0.0746 e. The highest BCUT2D eigenvalue weighted by molar-refractivity contribution is 9.10. The molecule has 1 aliphatic carbocycles. The fourth-order valence-corrected chi connectivity index (χ4v) is 5.27. The van der Waals surface area contributed by atoms with Crippen LogP contribution in [0.1, 0.15) is 25.0 Å². The Labute approximate surface area is 172 Å². The molecule has 134 valence electrons. The van der Waals surface area contributed by atoms with Gasteiger partial charge in [0.05, 0.1) is 5.69 Å². The van der Waals surface area contributed by atoms with Crippen LogP contribution < -0.4 is 0 Å². The highest BCUT2D eigenvalue weighted by Gasteiger charge is 2.37. The summed E-state index contributed by atoms with van der Waals surface area (Å²) in [6.07, 6.45) is 1.91. The highest BCUT2D eigenvalue weighted by Crippen LogP contribution is 2.50. The van der Waals surface area contributed by atoms with Crippen molar-refractivity contribution < 1.29 is 0 Å². The average molecular weight is 424 g/mol. The second-order valence-electron chi connectivity index (χ2n) is 8.21. The first-order valence-corrected chi connectivity index (χ1v) is 10.4. The molecule has 0 aliphatic heterocycles. The minimum Gasteiger partial charge on any atom is -0.255 e. The van der Waals surface area contributed by atoms with E-state index in [1.54, 1.807) is 0 Å². The Bertz CT molecular complexity index is 1450. The lowest BCUT2D eigenvalue weighted by Gasteiger charge is -2.22. The van der Waals surface area contributed by atoms with Crippen LogP contribution in [0.4, 0.5) is 0 Å². The fraction of sp³-hybridized carbons (Fsp3) is 0.115. The Morgan fingerprint density at radius 2 is 1.21 bits per heavy atom.